The molecule has 0 amide bonds. The summed E-state index contributed by atoms with van der Waals surface area (Å²) < 4.78 is 29.6. The van der Waals surface area contributed by atoms with Gasteiger partial charge in [-0.05, 0) is 50.5 Å². The molecule has 1 fully saturated rings. The van der Waals surface area contributed by atoms with Crippen molar-refractivity contribution in [2.24, 2.45) is 10.4 Å². The maximum Gasteiger partial charge on any atom is 0.191 e. The highest BCUT2D eigenvalue weighted by atomic mass is 127. The molecule has 1 aromatic rings. The van der Waals surface area contributed by atoms with Crippen molar-refractivity contribution in [3.63, 3.8) is 0 Å². The molecule has 31 heavy (non-hydrogen) atoms. The van der Waals surface area contributed by atoms with Crippen LogP contribution in [-0.4, -0.2) is 45.1 Å². The molecule has 1 unspecified atom stereocenters. The van der Waals surface area contributed by atoms with E-state index >= 15 is 0 Å². The minimum absolute atomic E-state index is 0. The SMILES string of the molecule is CCNC(=NCC(C)(C)CCS(C)(=O)=O)NC1CC2(CCCC2)Oc2ccccc21.I. The summed E-state index contributed by atoms with van der Waals surface area (Å²) in [6.45, 7) is 7.53. The van der Waals surface area contributed by atoms with Crippen LogP contribution in [-0.2, 0) is 9.84 Å². The Labute approximate surface area is 205 Å². The van der Waals surface area contributed by atoms with Crippen molar-refractivity contribution in [1.29, 1.82) is 0 Å². The largest absolute Gasteiger partial charge is 0.487 e. The lowest BCUT2D eigenvalue weighted by Crippen LogP contribution is -2.47. The van der Waals surface area contributed by atoms with Crippen LogP contribution in [0.25, 0.3) is 0 Å². The Kier molecular flexibility index (Phi) is 9.07. The van der Waals surface area contributed by atoms with Gasteiger partial charge in [0.2, 0.25) is 0 Å². The molecule has 0 radical (unpaired) electrons. The zero-order chi connectivity index (χ0) is 21.8. The fraction of sp³-hybridized carbons (Fsp3) is 0.696. The number of hydrogen-bond donors (Lipinski definition) is 2. The number of hydrogen-bond acceptors (Lipinski definition) is 4. The van der Waals surface area contributed by atoms with Crippen molar-refractivity contribution in [2.45, 2.75) is 70.9 Å². The minimum atomic E-state index is -2.97. The normalized spacial score (nSPS) is 20.5. The standard InChI is InChI=1S/C23H37N3O3S.HI/c1-5-24-21(25-17-22(2,3)14-15-30(4,27)28)26-19-16-23(12-8-9-13-23)29-20-11-7-6-10-18(19)20;/h6-7,10-11,19H,5,8-9,12-17H2,1-4H3,(H2,24,25,26);1H. The molecule has 0 bridgehead atoms. The zero-order valence-electron chi connectivity index (χ0n) is 19.2. The van der Waals surface area contributed by atoms with Crippen molar-refractivity contribution in [3.05, 3.63) is 29.8 Å². The molecule has 8 heteroatoms. The van der Waals surface area contributed by atoms with Crippen molar-refractivity contribution in [2.75, 3.05) is 25.1 Å². The summed E-state index contributed by atoms with van der Waals surface area (Å²) in [5, 5.41) is 7.01. The second kappa shape index (κ2) is 10.7. The highest BCUT2D eigenvalue weighted by molar-refractivity contribution is 14.0. The van der Waals surface area contributed by atoms with Gasteiger partial charge in [-0.3, -0.25) is 4.99 Å². The first-order valence-corrected chi connectivity index (χ1v) is 13.2. The summed E-state index contributed by atoms with van der Waals surface area (Å²) >= 11 is 0. The first-order chi connectivity index (χ1) is 14.1. The van der Waals surface area contributed by atoms with E-state index in [2.05, 4.69) is 49.6 Å². The molecule has 1 aliphatic carbocycles. The van der Waals surface area contributed by atoms with E-state index < -0.39 is 9.84 Å². The van der Waals surface area contributed by atoms with E-state index in [0.29, 0.717) is 13.0 Å². The average molecular weight is 564 g/mol. The number of nitrogens with zero attached hydrogens (tertiary/aromatic N) is 1. The van der Waals surface area contributed by atoms with Gasteiger partial charge in [0.05, 0.1) is 11.8 Å². The van der Waals surface area contributed by atoms with E-state index in [1.165, 1.54) is 24.7 Å². The van der Waals surface area contributed by atoms with Gasteiger partial charge in [0, 0.05) is 31.3 Å². The van der Waals surface area contributed by atoms with E-state index in [0.717, 1.165) is 37.5 Å². The van der Waals surface area contributed by atoms with Gasteiger partial charge >= 0.3 is 0 Å². The summed E-state index contributed by atoms with van der Waals surface area (Å²) in [5.41, 5.74) is 0.918. The van der Waals surface area contributed by atoms with Gasteiger partial charge < -0.3 is 15.4 Å². The summed E-state index contributed by atoms with van der Waals surface area (Å²) in [7, 11) is -2.97. The second-order valence-corrected chi connectivity index (χ2v) is 11.9. The van der Waals surface area contributed by atoms with Gasteiger partial charge in [-0.2, -0.15) is 0 Å². The third-order valence-corrected chi connectivity index (χ3v) is 7.13. The predicted molar refractivity (Wildman–Crippen MR) is 138 cm³/mol. The lowest BCUT2D eigenvalue weighted by molar-refractivity contribution is 0.0396. The van der Waals surface area contributed by atoms with Crippen LogP contribution < -0.4 is 15.4 Å². The van der Waals surface area contributed by atoms with Crippen LogP contribution in [0.15, 0.2) is 29.3 Å². The lowest BCUT2D eigenvalue weighted by Gasteiger charge is -2.40. The van der Waals surface area contributed by atoms with E-state index in [4.69, 9.17) is 9.73 Å². The van der Waals surface area contributed by atoms with Crippen LogP contribution in [0.5, 0.6) is 5.75 Å². The van der Waals surface area contributed by atoms with E-state index in [1.54, 1.807) is 0 Å². The molecule has 1 spiro atoms. The fourth-order valence-corrected chi connectivity index (χ4v) is 5.31. The van der Waals surface area contributed by atoms with Crippen LogP contribution in [0.2, 0.25) is 0 Å². The van der Waals surface area contributed by atoms with Gasteiger partial charge in [0.15, 0.2) is 5.96 Å². The Morgan fingerprint density at radius 1 is 1.26 bits per heavy atom. The van der Waals surface area contributed by atoms with Crippen LogP contribution in [0, 0.1) is 5.41 Å². The number of ether oxygens (including phenoxy) is 1. The highest BCUT2D eigenvalue weighted by Crippen LogP contribution is 2.46. The first-order valence-electron chi connectivity index (χ1n) is 11.1. The number of nitrogens with one attached hydrogen (secondary N) is 2. The highest BCUT2D eigenvalue weighted by Gasteiger charge is 2.43. The third-order valence-electron chi connectivity index (χ3n) is 6.18. The molecule has 1 aliphatic heterocycles. The fourth-order valence-electron chi connectivity index (χ4n) is 4.39. The summed E-state index contributed by atoms with van der Waals surface area (Å²) in [6, 6.07) is 8.44. The first kappa shape index (κ1) is 26.2. The number of halogens is 1. The molecule has 2 aliphatic rings. The number of fused-ring (bicyclic) bond motifs is 1. The average Bonchev–Trinajstić information content (AvgIpc) is 3.12. The number of para-hydroxylation sites is 1. The Morgan fingerprint density at radius 2 is 1.94 bits per heavy atom. The van der Waals surface area contributed by atoms with Gasteiger partial charge in [-0.1, -0.05) is 32.0 Å². The topological polar surface area (TPSA) is 79.8 Å². The Balaban J connectivity index is 0.00000341. The van der Waals surface area contributed by atoms with Crippen LogP contribution in [0.4, 0.5) is 0 Å². The molecule has 0 saturated heterocycles. The van der Waals surface area contributed by atoms with Crippen molar-refractivity contribution < 1.29 is 13.2 Å². The van der Waals surface area contributed by atoms with E-state index in [9.17, 15) is 8.42 Å². The van der Waals surface area contributed by atoms with Gasteiger partial charge in [0.1, 0.15) is 21.2 Å². The molecule has 2 N–H and O–H groups in total. The van der Waals surface area contributed by atoms with E-state index in [-0.39, 0.29) is 46.8 Å². The van der Waals surface area contributed by atoms with Crippen molar-refractivity contribution >= 4 is 39.8 Å². The summed E-state index contributed by atoms with van der Waals surface area (Å²) in [6.07, 6.45) is 7.47. The zero-order valence-corrected chi connectivity index (χ0v) is 22.4. The Morgan fingerprint density at radius 3 is 2.58 bits per heavy atom. The lowest BCUT2D eigenvalue weighted by atomic mass is 9.86. The maximum absolute atomic E-state index is 11.5. The maximum atomic E-state index is 11.5. The van der Waals surface area contributed by atoms with Crippen LogP contribution in [0.3, 0.4) is 0 Å². The quantitative estimate of drug-likeness (QED) is 0.291. The molecular weight excluding hydrogens is 525 g/mol. The monoisotopic (exact) mass is 563 g/mol. The predicted octanol–water partition coefficient (Wildman–Crippen LogP) is 4.46. The van der Waals surface area contributed by atoms with Crippen LogP contribution in [0.1, 0.15) is 70.9 Å². The molecule has 176 valence electrons. The summed E-state index contributed by atoms with van der Waals surface area (Å²) in [5.74, 6) is 1.95. The smallest absolute Gasteiger partial charge is 0.191 e. The molecule has 6 nitrogen and oxygen atoms in total. The minimum Gasteiger partial charge on any atom is -0.487 e. The number of aliphatic imine (C=N–C) groups is 1. The second-order valence-electron chi connectivity index (χ2n) is 9.67. The molecular formula is C23H38IN3O3S. The Bertz CT molecular complexity index is 865. The number of guanidine groups is 1. The van der Waals surface area contributed by atoms with Gasteiger partial charge in [-0.25, -0.2) is 8.42 Å². The molecule has 3 rings (SSSR count). The van der Waals surface area contributed by atoms with Crippen LogP contribution >= 0.6 is 24.0 Å². The molecule has 1 saturated carbocycles. The number of sulfone groups is 1. The molecule has 1 heterocycles. The van der Waals surface area contributed by atoms with E-state index in [1.807, 2.05) is 6.07 Å². The number of benzene rings is 1. The number of rotatable bonds is 7. The molecule has 1 aromatic carbocycles. The van der Waals surface area contributed by atoms with Gasteiger partial charge in [-0.15, -0.1) is 24.0 Å². The third kappa shape index (κ3) is 7.51. The van der Waals surface area contributed by atoms with Crippen molar-refractivity contribution in [1.82, 2.24) is 10.6 Å². The van der Waals surface area contributed by atoms with Gasteiger partial charge in [0.25, 0.3) is 0 Å². The summed E-state index contributed by atoms with van der Waals surface area (Å²) in [4.78, 5) is 4.83. The van der Waals surface area contributed by atoms with Crippen molar-refractivity contribution in [3.8, 4) is 5.75 Å². The Hall–Kier alpha value is -1.03. The molecule has 1 atom stereocenters. The molecule has 0 aromatic heterocycles.